The average Bonchev–Trinajstić information content (AvgIpc) is 1.61. The number of aliphatic hydroxyl groups excluding tert-OH is 16. The molecule has 6 saturated heterocycles. The van der Waals surface area contributed by atoms with Crippen molar-refractivity contribution in [3.8, 4) is 0 Å². The Morgan fingerprint density at radius 3 is 1.71 bits per heavy atom. The highest BCUT2D eigenvalue weighted by molar-refractivity contribution is 5.83. The highest BCUT2D eigenvalue weighted by Crippen LogP contribution is 2.75. The molecule has 10 rings (SSSR count). The molecule has 0 aromatic carbocycles. The van der Waals surface area contributed by atoms with Crippen LogP contribution in [0.2, 0.25) is 0 Å². The van der Waals surface area contributed by atoms with Gasteiger partial charge >= 0.3 is 0 Å². The van der Waals surface area contributed by atoms with Crippen LogP contribution in [0.25, 0.3) is 0 Å². The first-order valence-corrected chi connectivity index (χ1v) is 30.2. The smallest absolute Gasteiger partial charge is 0.187 e. The first-order chi connectivity index (χ1) is 40.3. The Balaban J connectivity index is 0.863. The Morgan fingerprint density at radius 1 is 0.553 bits per heavy atom. The minimum atomic E-state index is -2.06. The first-order valence-electron chi connectivity index (χ1n) is 30.2. The number of carbonyl (C=O) groups excluding carboxylic acids is 1. The van der Waals surface area contributed by atoms with Gasteiger partial charge in [0.25, 0.3) is 0 Å². The van der Waals surface area contributed by atoms with E-state index in [0.29, 0.717) is 32.1 Å². The fourth-order valence-electron chi connectivity index (χ4n) is 17.0. The van der Waals surface area contributed by atoms with Crippen LogP contribution in [0.4, 0.5) is 0 Å². The minimum absolute atomic E-state index is 0.129. The lowest BCUT2D eigenvalue weighted by atomic mass is 9.42. The molecule has 0 radical (unpaired) electrons. The van der Waals surface area contributed by atoms with E-state index in [4.69, 9.17) is 52.1 Å². The van der Waals surface area contributed by atoms with E-state index in [1.807, 2.05) is 6.92 Å². The minimum Gasteiger partial charge on any atom is -0.396 e. The summed E-state index contributed by atoms with van der Waals surface area (Å²) in [6.07, 6.45) is -36.7. The molecule has 0 amide bonds. The average molecular weight is 1230 g/mol. The van der Waals surface area contributed by atoms with E-state index in [1.165, 1.54) is 11.1 Å². The van der Waals surface area contributed by atoms with Crippen molar-refractivity contribution in [2.45, 2.75) is 258 Å². The fraction of sp³-hybridized carbons (Fsp3) is 0.947. The molecule has 0 aromatic rings. The van der Waals surface area contributed by atoms with E-state index in [9.17, 15) is 86.5 Å². The second-order valence-corrected chi connectivity index (χ2v) is 26.3. The Labute approximate surface area is 492 Å². The molecule has 0 aromatic heterocycles. The molecule has 28 nitrogen and oxygen atoms in total. The summed E-state index contributed by atoms with van der Waals surface area (Å²) in [4.78, 5) is 13.0. The maximum atomic E-state index is 13.0. The number of allylic oxidation sites excluding steroid dienone is 2. The number of Topliss-reactive ketones (excluding diaryl/α,β-unsaturated/α-hetero) is 1. The molecule has 488 valence electrons. The van der Waals surface area contributed by atoms with Gasteiger partial charge in [-0.2, -0.15) is 0 Å². The van der Waals surface area contributed by atoms with Gasteiger partial charge in [-0.25, -0.2) is 0 Å². The number of hydrogen-bond donors (Lipinski definition) is 16. The van der Waals surface area contributed by atoms with Gasteiger partial charge in [0.1, 0.15) is 116 Å². The summed E-state index contributed by atoms with van der Waals surface area (Å²) < 4.78 is 66.8. The molecule has 0 bridgehead atoms. The molecule has 4 aliphatic carbocycles. The summed E-state index contributed by atoms with van der Waals surface area (Å²) in [5, 5.41) is 175. The summed E-state index contributed by atoms with van der Waals surface area (Å²) in [5.41, 5.74) is -0.0150. The van der Waals surface area contributed by atoms with Crippen LogP contribution in [0.3, 0.4) is 0 Å². The topological polar surface area (TPSA) is 442 Å². The first kappa shape index (κ1) is 66.3. The molecule has 0 unspecified atom stereocenters. The molecular formula is C57H92O28. The highest BCUT2D eigenvalue weighted by Gasteiger charge is 2.72. The van der Waals surface area contributed by atoms with Crippen LogP contribution in [-0.2, 0) is 56.9 Å². The molecule has 28 heteroatoms. The highest BCUT2D eigenvalue weighted by atomic mass is 16.8. The molecule has 6 aliphatic heterocycles. The standard InChI is InChI=1S/C57H92O28/c1-6-26(63)28-15-23(2)57(85-28)14-13-54(4)25-7-8-33-53(3,24(25)9-12-55(54,57)5)11-10-34(56(33,21-61)22-62)81-48-43(73)41(71)38(68)32(80-48)20-76-51-46(35(65)27(64)19-75-51)83-52-47(84-49-42(72)37(67)30(17-59)78-49)45(39(69)31(18-60)79-52)82-50-44(74)40(70)36(66)29(16-58)77-50/h23,27-52,58-62,64-74H,6-22H2,1-5H3/t23-,27-,28+,29-,30-,31-,32-,33-,34+,35-,36-,37-,38-,39-,40+,41+,42+,43-,44-,45+,46+,47-,48+,49+,50+,51+,52+,53-,54+,55+,57+/m1/s1. The summed E-state index contributed by atoms with van der Waals surface area (Å²) in [5.74, 6) is 0.00180. The number of rotatable bonds is 18. The molecule has 16 N–H and O–H groups in total. The maximum Gasteiger partial charge on any atom is 0.187 e. The Kier molecular flexibility index (Phi) is 19.8. The van der Waals surface area contributed by atoms with Gasteiger partial charge in [0.05, 0.1) is 58.0 Å². The van der Waals surface area contributed by atoms with Gasteiger partial charge < -0.3 is 134 Å². The van der Waals surface area contributed by atoms with Gasteiger partial charge in [0.2, 0.25) is 0 Å². The predicted octanol–water partition coefficient (Wildman–Crippen LogP) is -5.03. The van der Waals surface area contributed by atoms with E-state index in [2.05, 4.69) is 27.7 Å². The third-order valence-corrected chi connectivity index (χ3v) is 22.3. The summed E-state index contributed by atoms with van der Waals surface area (Å²) in [7, 11) is 0. The summed E-state index contributed by atoms with van der Waals surface area (Å²) >= 11 is 0. The number of fused-ring (bicyclic) bond motifs is 5. The number of ether oxygens (including phenoxy) is 11. The van der Waals surface area contributed by atoms with Crippen LogP contribution < -0.4 is 0 Å². The van der Waals surface area contributed by atoms with Crippen molar-refractivity contribution in [3.63, 3.8) is 0 Å². The molecule has 2 saturated carbocycles. The van der Waals surface area contributed by atoms with Crippen molar-refractivity contribution in [1.29, 1.82) is 0 Å². The molecule has 31 atom stereocenters. The van der Waals surface area contributed by atoms with Crippen molar-refractivity contribution >= 4 is 5.78 Å². The summed E-state index contributed by atoms with van der Waals surface area (Å²) in [6, 6.07) is 0. The van der Waals surface area contributed by atoms with Gasteiger partial charge in [-0.1, -0.05) is 45.8 Å². The third kappa shape index (κ3) is 10.8. The second kappa shape index (κ2) is 25.4. The third-order valence-electron chi connectivity index (χ3n) is 22.3. The van der Waals surface area contributed by atoms with Crippen molar-refractivity contribution in [2.75, 3.05) is 46.2 Å². The summed E-state index contributed by atoms with van der Waals surface area (Å²) in [6.45, 7) is 6.03. The van der Waals surface area contributed by atoms with Gasteiger partial charge in [0.15, 0.2) is 37.2 Å². The quantitative estimate of drug-likeness (QED) is 0.0571. The van der Waals surface area contributed by atoms with Gasteiger partial charge in [-0.3, -0.25) is 4.79 Å². The second-order valence-electron chi connectivity index (χ2n) is 26.3. The Hall–Kier alpha value is -1.67. The van der Waals surface area contributed by atoms with Crippen LogP contribution in [0.1, 0.15) is 98.8 Å². The number of hydrogen-bond acceptors (Lipinski definition) is 28. The molecule has 8 fully saturated rings. The van der Waals surface area contributed by atoms with Crippen molar-refractivity contribution in [1.82, 2.24) is 0 Å². The zero-order valence-corrected chi connectivity index (χ0v) is 48.7. The zero-order chi connectivity index (χ0) is 61.6. The fourth-order valence-corrected chi connectivity index (χ4v) is 17.0. The number of aliphatic hydroxyl groups is 16. The van der Waals surface area contributed by atoms with Gasteiger partial charge in [0, 0.05) is 17.3 Å². The number of carbonyl (C=O) groups is 1. The molecular weight excluding hydrogens is 1130 g/mol. The van der Waals surface area contributed by atoms with Crippen molar-refractivity contribution in [2.24, 2.45) is 33.5 Å². The van der Waals surface area contributed by atoms with Crippen molar-refractivity contribution in [3.05, 3.63) is 11.1 Å². The Bertz CT molecular complexity index is 2330. The van der Waals surface area contributed by atoms with Crippen molar-refractivity contribution < 1.29 is 139 Å². The number of ketones is 1. The van der Waals surface area contributed by atoms with E-state index >= 15 is 0 Å². The SMILES string of the molecule is CCC(=O)[C@@H]1C[C@@H](C)[C@]2(CC[C@@]3(C)C4=C(CC[C@@]32C)[C@@]2(C)CC[C@H](O[C@@H]3O[C@H](CO[C@@H]5OC[C@@H](O)[C@@H](O)[C@@H]5O[C@@H]5O[C@H](CO)[C@@H](O)[C@H](O[C@@H]6O[C@H](CO)[C@@H](O)[C@H](O)[C@H]6O)[C@H]5O[C@@H]5O[C@H](CO)[C@@H](O)[C@@H]5O)[C@@H](O)[C@H](O)[C@H]3O)C(CO)(CO)[C@@H]2CC4)O1. The van der Waals surface area contributed by atoms with E-state index in [1.54, 1.807) is 0 Å². The molecule has 85 heavy (non-hydrogen) atoms. The van der Waals surface area contributed by atoms with Gasteiger partial charge in [-0.15, -0.1) is 0 Å². The normalized spacial score (nSPS) is 52.5. The molecule has 10 aliphatic rings. The van der Waals surface area contributed by atoms with E-state index in [0.717, 1.165) is 25.7 Å². The zero-order valence-electron chi connectivity index (χ0n) is 48.7. The van der Waals surface area contributed by atoms with E-state index < -0.39 is 216 Å². The maximum absolute atomic E-state index is 13.0. The Morgan fingerprint density at radius 2 is 1.09 bits per heavy atom. The lowest BCUT2D eigenvalue weighted by molar-refractivity contribution is -0.397. The lowest BCUT2D eigenvalue weighted by Gasteiger charge is -2.64. The predicted molar refractivity (Wildman–Crippen MR) is 282 cm³/mol. The van der Waals surface area contributed by atoms with Crippen LogP contribution in [0, 0.1) is 33.5 Å². The van der Waals surface area contributed by atoms with Crippen LogP contribution in [-0.4, -0.2) is 293 Å². The monoisotopic (exact) mass is 1220 g/mol. The lowest BCUT2D eigenvalue weighted by Crippen LogP contribution is -2.67. The largest absolute Gasteiger partial charge is 0.396 e. The van der Waals surface area contributed by atoms with Crippen LogP contribution in [0.15, 0.2) is 11.1 Å². The molecule has 1 spiro atoms. The van der Waals surface area contributed by atoms with Crippen LogP contribution >= 0.6 is 0 Å². The molecule has 6 heterocycles. The van der Waals surface area contributed by atoms with Crippen LogP contribution in [0.5, 0.6) is 0 Å². The van der Waals surface area contributed by atoms with Gasteiger partial charge in [-0.05, 0) is 80.5 Å². The van der Waals surface area contributed by atoms with E-state index in [-0.39, 0.29) is 34.9 Å².